The van der Waals surface area contributed by atoms with Crippen LogP contribution in [0.5, 0.6) is 0 Å². The Morgan fingerprint density at radius 2 is 1.95 bits per heavy atom. The van der Waals surface area contributed by atoms with Crippen LogP contribution in [-0.2, 0) is 0 Å². The Kier molecular flexibility index (Phi) is 3.28. The van der Waals surface area contributed by atoms with E-state index in [1.165, 1.54) is 0 Å². The molecule has 0 saturated heterocycles. The van der Waals surface area contributed by atoms with E-state index in [9.17, 15) is 18.4 Å². The molecule has 1 aromatic heterocycles. The zero-order valence-corrected chi connectivity index (χ0v) is 9.31. The Hall–Kier alpha value is -2.70. The molecule has 19 heavy (non-hydrogen) atoms. The molecule has 0 saturated carbocycles. The molecular formula is C12H7F2NO4. The van der Waals surface area contributed by atoms with Gasteiger partial charge in [-0.05, 0) is 12.1 Å². The summed E-state index contributed by atoms with van der Waals surface area (Å²) in [6, 6.07) is 3.54. The summed E-state index contributed by atoms with van der Waals surface area (Å²) in [6.45, 7) is 0. The molecule has 7 heteroatoms. The van der Waals surface area contributed by atoms with Gasteiger partial charge in [0, 0.05) is 12.1 Å². The van der Waals surface area contributed by atoms with Crippen LogP contribution in [0.25, 0.3) is 0 Å². The summed E-state index contributed by atoms with van der Waals surface area (Å²) in [7, 11) is 0. The number of amides is 1. The van der Waals surface area contributed by atoms with Crippen LogP contribution in [0.15, 0.2) is 34.9 Å². The minimum absolute atomic E-state index is 0.218. The van der Waals surface area contributed by atoms with Crippen molar-refractivity contribution < 1.29 is 27.9 Å². The van der Waals surface area contributed by atoms with E-state index in [-0.39, 0.29) is 17.0 Å². The Balaban J connectivity index is 2.20. The van der Waals surface area contributed by atoms with Gasteiger partial charge in [-0.15, -0.1) is 0 Å². The lowest BCUT2D eigenvalue weighted by atomic mass is 10.2. The van der Waals surface area contributed by atoms with Gasteiger partial charge in [-0.3, -0.25) is 4.79 Å². The Morgan fingerprint density at radius 3 is 2.58 bits per heavy atom. The van der Waals surface area contributed by atoms with E-state index in [0.717, 1.165) is 30.5 Å². The van der Waals surface area contributed by atoms with Crippen molar-refractivity contribution in [1.82, 2.24) is 0 Å². The van der Waals surface area contributed by atoms with E-state index < -0.39 is 23.5 Å². The Labute approximate surface area is 105 Å². The van der Waals surface area contributed by atoms with Crippen molar-refractivity contribution >= 4 is 17.6 Å². The molecule has 0 aliphatic carbocycles. The first-order chi connectivity index (χ1) is 8.97. The quantitative estimate of drug-likeness (QED) is 0.895. The van der Waals surface area contributed by atoms with Gasteiger partial charge in [-0.1, -0.05) is 0 Å². The summed E-state index contributed by atoms with van der Waals surface area (Å²) in [5, 5.41) is 10.7. The molecule has 0 fully saturated rings. The van der Waals surface area contributed by atoms with Crippen LogP contribution in [0.3, 0.4) is 0 Å². The lowest BCUT2D eigenvalue weighted by molar-refractivity contribution is 0.0696. The molecule has 98 valence electrons. The highest BCUT2D eigenvalue weighted by Crippen LogP contribution is 2.17. The molecule has 0 bridgehead atoms. The highest BCUT2D eigenvalue weighted by molar-refractivity contribution is 6.03. The number of rotatable bonds is 3. The molecule has 1 aromatic carbocycles. The summed E-state index contributed by atoms with van der Waals surface area (Å²) in [5.41, 5.74) is -0.580. The maximum atomic E-state index is 13.3. The lowest BCUT2D eigenvalue weighted by Crippen LogP contribution is -2.12. The molecule has 5 nitrogen and oxygen atoms in total. The van der Waals surface area contributed by atoms with Gasteiger partial charge in [-0.25, -0.2) is 13.6 Å². The first kappa shape index (κ1) is 12.7. The summed E-state index contributed by atoms with van der Waals surface area (Å²) in [4.78, 5) is 22.2. The third-order valence-electron chi connectivity index (χ3n) is 2.25. The number of carboxylic acids is 1. The SMILES string of the molecule is O=C(O)c1coc(C(=O)Nc2cc(F)ccc2F)c1. The summed E-state index contributed by atoms with van der Waals surface area (Å²) in [6.07, 6.45) is 0.874. The van der Waals surface area contributed by atoms with Crippen LogP contribution >= 0.6 is 0 Å². The average molecular weight is 267 g/mol. The Morgan fingerprint density at radius 1 is 1.21 bits per heavy atom. The predicted octanol–water partition coefficient (Wildman–Crippen LogP) is 2.51. The fourth-order valence-corrected chi connectivity index (χ4v) is 1.34. The number of halogens is 2. The zero-order chi connectivity index (χ0) is 14.0. The van der Waals surface area contributed by atoms with Crippen molar-refractivity contribution in [1.29, 1.82) is 0 Å². The molecule has 0 aliphatic heterocycles. The largest absolute Gasteiger partial charge is 0.478 e. The minimum Gasteiger partial charge on any atom is -0.478 e. The van der Waals surface area contributed by atoms with Gasteiger partial charge in [-0.2, -0.15) is 0 Å². The van der Waals surface area contributed by atoms with Crippen molar-refractivity contribution in [3.05, 3.63) is 53.5 Å². The number of benzene rings is 1. The average Bonchev–Trinajstić information content (AvgIpc) is 2.83. The molecule has 1 amide bonds. The summed E-state index contributed by atoms with van der Waals surface area (Å²) in [5.74, 6) is -4.00. The first-order valence-electron chi connectivity index (χ1n) is 5.05. The number of aromatic carboxylic acids is 1. The van der Waals surface area contributed by atoms with Crippen molar-refractivity contribution in [3.63, 3.8) is 0 Å². The van der Waals surface area contributed by atoms with Crippen molar-refractivity contribution in [2.24, 2.45) is 0 Å². The normalized spacial score (nSPS) is 10.2. The number of carbonyl (C=O) groups is 2. The molecular weight excluding hydrogens is 260 g/mol. The summed E-state index contributed by atoms with van der Waals surface area (Å²) < 4.78 is 30.9. The highest BCUT2D eigenvalue weighted by atomic mass is 19.1. The molecule has 1 heterocycles. The predicted molar refractivity (Wildman–Crippen MR) is 60.0 cm³/mol. The van der Waals surface area contributed by atoms with Crippen molar-refractivity contribution in [2.45, 2.75) is 0 Å². The lowest BCUT2D eigenvalue weighted by Gasteiger charge is -2.04. The van der Waals surface area contributed by atoms with E-state index in [0.29, 0.717) is 0 Å². The minimum atomic E-state index is -1.26. The van der Waals surface area contributed by atoms with Crippen molar-refractivity contribution in [2.75, 3.05) is 5.32 Å². The van der Waals surface area contributed by atoms with Crippen LogP contribution in [0.4, 0.5) is 14.5 Å². The molecule has 2 aromatic rings. The second-order valence-corrected chi connectivity index (χ2v) is 3.58. The van der Waals surface area contributed by atoms with E-state index in [4.69, 9.17) is 9.52 Å². The number of hydrogen-bond donors (Lipinski definition) is 2. The second-order valence-electron chi connectivity index (χ2n) is 3.58. The molecule has 0 spiro atoms. The maximum Gasteiger partial charge on any atom is 0.338 e. The van der Waals surface area contributed by atoms with Gasteiger partial charge in [0.1, 0.15) is 17.9 Å². The van der Waals surface area contributed by atoms with Crippen molar-refractivity contribution in [3.8, 4) is 0 Å². The van der Waals surface area contributed by atoms with Gasteiger partial charge >= 0.3 is 5.97 Å². The maximum absolute atomic E-state index is 13.3. The molecule has 2 N–H and O–H groups in total. The molecule has 2 rings (SSSR count). The second kappa shape index (κ2) is 4.89. The molecule has 0 atom stereocenters. The van der Waals surface area contributed by atoms with Gasteiger partial charge in [0.25, 0.3) is 5.91 Å². The van der Waals surface area contributed by atoms with Crippen LogP contribution < -0.4 is 5.32 Å². The molecule has 0 unspecified atom stereocenters. The fourth-order valence-electron chi connectivity index (χ4n) is 1.34. The fraction of sp³-hybridized carbons (Fsp3) is 0. The number of carbonyl (C=O) groups excluding carboxylic acids is 1. The summed E-state index contributed by atoms with van der Waals surface area (Å²) >= 11 is 0. The monoisotopic (exact) mass is 267 g/mol. The third-order valence-corrected chi connectivity index (χ3v) is 2.25. The van der Waals surface area contributed by atoms with Crippen LogP contribution in [-0.4, -0.2) is 17.0 Å². The number of carboxylic acid groups (broad SMARTS) is 1. The topological polar surface area (TPSA) is 79.5 Å². The number of anilines is 1. The molecule has 0 aliphatic rings. The van der Waals surface area contributed by atoms with Gasteiger partial charge in [0.05, 0.1) is 11.3 Å². The smallest absolute Gasteiger partial charge is 0.338 e. The van der Waals surface area contributed by atoms with E-state index in [2.05, 4.69) is 5.32 Å². The number of nitrogens with one attached hydrogen (secondary N) is 1. The van der Waals surface area contributed by atoms with Gasteiger partial charge < -0.3 is 14.8 Å². The Bertz CT molecular complexity index is 651. The van der Waals surface area contributed by atoms with Crippen LogP contribution in [0.1, 0.15) is 20.9 Å². The van der Waals surface area contributed by atoms with E-state index in [1.54, 1.807) is 0 Å². The zero-order valence-electron chi connectivity index (χ0n) is 9.31. The van der Waals surface area contributed by atoms with Crippen LogP contribution in [0.2, 0.25) is 0 Å². The number of furan rings is 1. The standard InChI is InChI=1S/C12H7F2NO4/c13-7-1-2-8(14)9(4-7)15-11(16)10-3-6(5-19-10)12(17)18/h1-5H,(H,15,16)(H,17,18). The van der Waals surface area contributed by atoms with E-state index >= 15 is 0 Å². The van der Waals surface area contributed by atoms with Gasteiger partial charge in [0.2, 0.25) is 0 Å². The highest BCUT2D eigenvalue weighted by Gasteiger charge is 2.16. The number of hydrogen-bond acceptors (Lipinski definition) is 3. The van der Waals surface area contributed by atoms with E-state index in [1.807, 2.05) is 0 Å². The van der Waals surface area contributed by atoms with Crippen LogP contribution in [0, 0.1) is 11.6 Å². The first-order valence-corrected chi connectivity index (χ1v) is 5.05. The third kappa shape index (κ3) is 2.76. The molecule has 0 radical (unpaired) electrons. The van der Waals surface area contributed by atoms with Gasteiger partial charge in [0.15, 0.2) is 5.76 Å².